The molecule has 0 fully saturated rings. The van der Waals surface area contributed by atoms with E-state index in [2.05, 4.69) is 5.32 Å². The van der Waals surface area contributed by atoms with Crippen molar-refractivity contribution >= 4 is 23.7 Å². The monoisotopic (exact) mass is 372 g/mol. The largest absolute Gasteiger partial charge is 0.462 e. The Balaban J connectivity index is 1.67. The fourth-order valence-electron chi connectivity index (χ4n) is 2.01. The van der Waals surface area contributed by atoms with Gasteiger partial charge in [0, 0.05) is 5.69 Å². The van der Waals surface area contributed by atoms with Crippen LogP contribution in [0.25, 0.3) is 0 Å². The number of benzene rings is 2. The third-order valence-electron chi connectivity index (χ3n) is 3.25. The molecule has 0 aliphatic carbocycles. The summed E-state index contributed by atoms with van der Waals surface area (Å²) in [4.78, 5) is 39.6. The van der Waals surface area contributed by atoms with Crippen molar-refractivity contribution in [3.8, 4) is 0 Å². The molecule has 2 N–H and O–H groups in total. The molecule has 0 aromatic heterocycles. The van der Waals surface area contributed by atoms with Crippen LogP contribution in [0.5, 0.6) is 0 Å². The first-order valence-corrected chi connectivity index (χ1v) is 8.24. The first kappa shape index (κ1) is 19.9. The van der Waals surface area contributed by atoms with E-state index < -0.39 is 24.6 Å². The average Bonchev–Trinajstić information content (AvgIpc) is 2.68. The van der Waals surface area contributed by atoms with E-state index in [9.17, 15) is 14.4 Å². The summed E-state index contributed by atoms with van der Waals surface area (Å²) in [6, 6.07) is 15.3. The second-order valence-electron chi connectivity index (χ2n) is 5.30. The summed E-state index contributed by atoms with van der Waals surface area (Å²) in [5.74, 6) is -0.917. The molecular formula is C19H20N2O6. The number of hydrogen-bond donors (Lipinski definition) is 2. The highest BCUT2D eigenvalue weighted by Gasteiger charge is 2.08. The SMILES string of the molecule is CCOC(=O)c1ccc(NC(=O)CONC(=O)OCc2ccccc2)cc1. The zero-order valence-electron chi connectivity index (χ0n) is 14.8. The molecule has 0 spiro atoms. The van der Waals surface area contributed by atoms with E-state index in [-0.39, 0.29) is 13.2 Å². The van der Waals surface area contributed by atoms with Crippen LogP contribution in [0.2, 0.25) is 0 Å². The normalized spacial score (nSPS) is 9.96. The molecule has 0 saturated heterocycles. The molecule has 0 heterocycles. The van der Waals surface area contributed by atoms with Gasteiger partial charge < -0.3 is 14.8 Å². The maximum atomic E-state index is 11.8. The minimum atomic E-state index is -0.801. The van der Waals surface area contributed by atoms with Crippen LogP contribution in [-0.2, 0) is 25.7 Å². The molecule has 0 atom stereocenters. The number of hydroxylamine groups is 1. The standard InChI is InChI=1S/C19H20N2O6/c1-2-25-18(23)15-8-10-16(11-9-15)20-17(22)13-27-21-19(24)26-12-14-6-4-3-5-7-14/h3-11H,2,12-13H2,1H3,(H,20,22)(H,21,24). The van der Waals surface area contributed by atoms with Crippen molar-refractivity contribution in [2.24, 2.45) is 0 Å². The highest BCUT2D eigenvalue weighted by atomic mass is 16.7. The second kappa shape index (κ2) is 10.6. The topological polar surface area (TPSA) is 103 Å². The van der Waals surface area contributed by atoms with Crippen molar-refractivity contribution in [2.75, 3.05) is 18.5 Å². The van der Waals surface area contributed by atoms with Gasteiger partial charge in [-0.15, -0.1) is 0 Å². The first-order chi connectivity index (χ1) is 13.1. The summed E-state index contributed by atoms with van der Waals surface area (Å²) >= 11 is 0. The molecule has 0 unspecified atom stereocenters. The Hall–Kier alpha value is -3.39. The maximum Gasteiger partial charge on any atom is 0.431 e. The summed E-state index contributed by atoms with van der Waals surface area (Å²) in [5, 5.41) is 2.56. The first-order valence-electron chi connectivity index (χ1n) is 8.24. The van der Waals surface area contributed by atoms with E-state index in [1.54, 1.807) is 19.1 Å². The summed E-state index contributed by atoms with van der Waals surface area (Å²) in [6.07, 6.45) is -0.801. The second-order valence-corrected chi connectivity index (χ2v) is 5.30. The number of amides is 2. The van der Waals surface area contributed by atoms with Gasteiger partial charge in [0.05, 0.1) is 12.2 Å². The number of carbonyl (C=O) groups is 3. The van der Waals surface area contributed by atoms with Gasteiger partial charge in [0.25, 0.3) is 5.91 Å². The van der Waals surface area contributed by atoms with Gasteiger partial charge in [0.2, 0.25) is 0 Å². The summed E-state index contributed by atoms with van der Waals surface area (Å²) in [6.45, 7) is 1.70. The Kier molecular flexibility index (Phi) is 7.80. The van der Waals surface area contributed by atoms with E-state index in [1.165, 1.54) is 12.1 Å². The van der Waals surface area contributed by atoms with Gasteiger partial charge in [0.1, 0.15) is 6.61 Å². The summed E-state index contributed by atoms with van der Waals surface area (Å²) < 4.78 is 9.81. The lowest BCUT2D eigenvalue weighted by Gasteiger charge is -2.08. The molecule has 0 aliphatic rings. The molecule has 2 amide bonds. The number of ether oxygens (including phenoxy) is 2. The maximum absolute atomic E-state index is 11.8. The molecule has 2 rings (SSSR count). The molecule has 0 saturated carbocycles. The van der Waals surface area contributed by atoms with Gasteiger partial charge >= 0.3 is 12.1 Å². The van der Waals surface area contributed by atoms with Crippen molar-refractivity contribution in [3.05, 3.63) is 65.7 Å². The Morgan fingerprint density at radius 2 is 1.63 bits per heavy atom. The number of nitrogens with one attached hydrogen (secondary N) is 2. The molecule has 0 radical (unpaired) electrons. The van der Waals surface area contributed by atoms with Crippen LogP contribution in [0.15, 0.2) is 54.6 Å². The van der Waals surface area contributed by atoms with E-state index >= 15 is 0 Å². The minimum Gasteiger partial charge on any atom is -0.462 e. The van der Waals surface area contributed by atoms with Crippen LogP contribution in [0.4, 0.5) is 10.5 Å². The molecule has 2 aromatic carbocycles. The fraction of sp³-hybridized carbons (Fsp3) is 0.211. The van der Waals surface area contributed by atoms with Crippen LogP contribution < -0.4 is 10.8 Å². The van der Waals surface area contributed by atoms with E-state index in [0.29, 0.717) is 11.3 Å². The Morgan fingerprint density at radius 1 is 0.926 bits per heavy atom. The van der Waals surface area contributed by atoms with Gasteiger partial charge in [-0.25, -0.2) is 9.59 Å². The summed E-state index contributed by atoms with van der Waals surface area (Å²) in [7, 11) is 0. The molecule has 142 valence electrons. The minimum absolute atomic E-state index is 0.0923. The molecule has 8 nitrogen and oxygen atoms in total. The predicted octanol–water partition coefficient (Wildman–Crippen LogP) is 2.66. The van der Waals surface area contributed by atoms with Crippen LogP contribution in [0.1, 0.15) is 22.8 Å². The zero-order chi connectivity index (χ0) is 19.5. The van der Waals surface area contributed by atoms with Gasteiger partial charge in [0.15, 0.2) is 6.61 Å². The molecule has 2 aromatic rings. The summed E-state index contributed by atoms with van der Waals surface area (Å²) in [5.41, 5.74) is 3.71. The number of hydrogen-bond acceptors (Lipinski definition) is 6. The third kappa shape index (κ3) is 7.17. The van der Waals surface area contributed by atoms with Gasteiger partial charge in [-0.05, 0) is 36.8 Å². The highest BCUT2D eigenvalue weighted by Crippen LogP contribution is 2.10. The Morgan fingerprint density at radius 3 is 2.30 bits per heavy atom. The molecule has 27 heavy (non-hydrogen) atoms. The predicted molar refractivity (Wildman–Crippen MR) is 96.7 cm³/mol. The lowest BCUT2D eigenvalue weighted by atomic mass is 10.2. The van der Waals surface area contributed by atoms with E-state index in [1.807, 2.05) is 35.8 Å². The molecule has 0 aliphatic heterocycles. The van der Waals surface area contributed by atoms with Crippen LogP contribution in [-0.4, -0.2) is 31.2 Å². The smallest absolute Gasteiger partial charge is 0.431 e. The van der Waals surface area contributed by atoms with E-state index in [4.69, 9.17) is 14.3 Å². The Labute approximate surface area is 156 Å². The fourth-order valence-corrected chi connectivity index (χ4v) is 2.01. The van der Waals surface area contributed by atoms with Crippen LogP contribution >= 0.6 is 0 Å². The number of carbonyl (C=O) groups excluding carboxylic acids is 3. The quantitative estimate of drug-likeness (QED) is 0.545. The van der Waals surface area contributed by atoms with Crippen molar-refractivity contribution in [1.29, 1.82) is 0 Å². The van der Waals surface area contributed by atoms with Crippen molar-refractivity contribution in [2.45, 2.75) is 13.5 Å². The van der Waals surface area contributed by atoms with Gasteiger partial charge in [-0.1, -0.05) is 30.3 Å². The van der Waals surface area contributed by atoms with E-state index in [0.717, 1.165) is 5.56 Å². The van der Waals surface area contributed by atoms with Crippen LogP contribution in [0, 0.1) is 0 Å². The molecule has 8 heteroatoms. The van der Waals surface area contributed by atoms with Crippen molar-refractivity contribution in [1.82, 2.24) is 5.48 Å². The number of esters is 1. The average molecular weight is 372 g/mol. The number of anilines is 1. The molecular weight excluding hydrogens is 352 g/mol. The van der Waals surface area contributed by atoms with Crippen molar-refractivity contribution < 1.29 is 28.7 Å². The third-order valence-corrected chi connectivity index (χ3v) is 3.25. The number of rotatable bonds is 8. The Bertz CT molecular complexity index is 762. The molecule has 0 bridgehead atoms. The van der Waals surface area contributed by atoms with Gasteiger partial charge in [-0.3, -0.25) is 9.63 Å². The van der Waals surface area contributed by atoms with Gasteiger partial charge in [-0.2, -0.15) is 5.48 Å². The lowest BCUT2D eigenvalue weighted by Crippen LogP contribution is -2.29. The van der Waals surface area contributed by atoms with Crippen LogP contribution in [0.3, 0.4) is 0 Å². The zero-order valence-corrected chi connectivity index (χ0v) is 14.8. The lowest BCUT2D eigenvalue weighted by molar-refractivity contribution is -0.122. The van der Waals surface area contributed by atoms with Crippen molar-refractivity contribution in [3.63, 3.8) is 0 Å². The highest BCUT2D eigenvalue weighted by molar-refractivity contribution is 5.93.